The zero-order chi connectivity index (χ0) is 30.7. The molecule has 2 heterocycles. The molecule has 0 unspecified atom stereocenters. The standard InChI is InChI=1S/C32H27IN2O7S/c1-5-41-31(38)27-18(2)34-32-35(28(27)20-11-13-21(39-3)14-12-20)29(36)26(43-32)17-19-10-15-24(25(16-19)40-4)42-30(37)22-8-6-7-9-23(22)33/h6-17,28H,5H2,1-4H3/t28-/m1/s1. The van der Waals surface area contributed by atoms with Crippen LogP contribution < -0.4 is 29.1 Å². The first kappa shape index (κ1) is 30.2. The summed E-state index contributed by atoms with van der Waals surface area (Å²) in [6, 6.07) is 18.6. The van der Waals surface area contributed by atoms with Gasteiger partial charge >= 0.3 is 11.9 Å². The third-order valence-corrected chi connectivity index (χ3v) is 8.65. The topological polar surface area (TPSA) is 105 Å². The van der Waals surface area contributed by atoms with Crippen molar-refractivity contribution in [2.75, 3.05) is 20.8 Å². The summed E-state index contributed by atoms with van der Waals surface area (Å²) in [7, 11) is 3.05. The van der Waals surface area contributed by atoms with Crippen LogP contribution in [0.4, 0.5) is 0 Å². The van der Waals surface area contributed by atoms with Gasteiger partial charge in [-0.15, -0.1) is 0 Å². The molecule has 43 heavy (non-hydrogen) atoms. The van der Waals surface area contributed by atoms with Crippen molar-refractivity contribution in [3.05, 3.63) is 118 Å². The summed E-state index contributed by atoms with van der Waals surface area (Å²) in [6.07, 6.45) is 1.71. The normalized spacial score (nSPS) is 14.5. The van der Waals surface area contributed by atoms with Gasteiger partial charge in [0, 0.05) is 3.57 Å². The number of esters is 2. The van der Waals surface area contributed by atoms with Crippen molar-refractivity contribution in [2.45, 2.75) is 19.9 Å². The average molecular weight is 711 g/mol. The van der Waals surface area contributed by atoms with Gasteiger partial charge in [-0.25, -0.2) is 14.6 Å². The number of nitrogens with zero attached hydrogens (tertiary/aromatic N) is 2. The number of carbonyl (C=O) groups excluding carboxylic acids is 2. The first-order valence-corrected chi connectivity index (χ1v) is 15.1. The Morgan fingerprint density at radius 2 is 1.74 bits per heavy atom. The number of allylic oxidation sites excluding steroid dienone is 1. The molecule has 1 atom stereocenters. The second kappa shape index (κ2) is 13.0. The molecule has 11 heteroatoms. The van der Waals surface area contributed by atoms with Crippen LogP contribution in [0.15, 0.2) is 87.8 Å². The van der Waals surface area contributed by atoms with Crippen LogP contribution >= 0.6 is 33.9 Å². The molecule has 0 fully saturated rings. The number of aromatic nitrogens is 1. The van der Waals surface area contributed by atoms with Gasteiger partial charge in [-0.1, -0.05) is 41.7 Å². The number of hydrogen-bond donors (Lipinski definition) is 0. The van der Waals surface area contributed by atoms with Gasteiger partial charge in [0.05, 0.1) is 48.2 Å². The highest BCUT2D eigenvalue weighted by Gasteiger charge is 2.33. The fourth-order valence-corrected chi connectivity index (χ4v) is 6.34. The Morgan fingerprint density at radius 1 is 1.00 bits per heavy atom. The molecule has 5 rings (SSSR count). The van der Waals surface area contributed by atoms with Crippen LogP contribution in [0.5, 0.6) is 17.2 Å². The predicted molar refractivity (Wildman–Crippen MR) is 171 cm³/mol. The van der Waals surface area contributed by atoms with Gasteiger partial charge in [-0.3, -0.25) is 9.36 Å². The molecule has 1 aromatic heterocycles. The largest absolute Gasteiger partial charge is 0.497 e. The summed E-state index contributed by atoms with van der Waals surface area (Å²) in [5.41, 5.74) is 2.27. The number of halogens is 1. The third-order valence-electron chi connectivity index (χ3n) is 6.73. The molecule has 9 nitrogen and oxygen atoms in total. The molecule has 0 bridgehead atoms. The van der Waals surface area contributed by atoms with E-state index in [9.17, 15) is 14.4 Å². The maximum atomic E-state index is 13.9. The molecule has 0 saturated carbocycles. The van der Waals surface area contributed by atoms with E-state index >= 15 is 0 Å². The smallest absolute Gasteiger partial charge is 0.344 e. The predicted octanol–water partition coefficient (Wildman–Crippen LogP) is 4.64. The number of carbonyl (C=O) groups is 2. The molecule has 0 radical (unpaired) electrons. The number of rotatable bonds is 8. The number of methoxy groups -OCH3 is 2. The fourth-order valence-electron chi connectivity index (χ4n) is 4.68. The van der Waals surface area contributed by atoms with Gasteiger partial charge in [0.2, 0.25) is 0 Å². The molecule has 4 aromatic rings. The van der Waals surface area contributed by atoms with Crippen molar-refractivity contribution < 1.29 is 28.5 Å². The van der Waals surface area contributed by atoms with Gasteiger partial charge in [-0.05, 0) is 90.0 Å². The highest BCUT2D eigenvalue weighted by Crippen LogP contribution is 2.32. The van der Waals surface area contributed by atoms with Crippen LogP contribution in [0.1, 0.15) is 41.4 Å². The van der Waals surface area contributed by atoms with Gasteiger partial charge in [0.25, 0.3) is 5.56 Å². The number of fused-ring (bicyclic) bond motifs is 1. The lowest BCUT2D eigenvalue weighted by Gasteiger charge is -2.24. The molecule has 0 aliphatic carbocycles. The van der Waals surface area contributed by atoms with E-state index in [0.29, 0.717) is 48.8 Å². The number of thiazole rings is 1. The van der Waals surface area contributed by atoms with Crippen LogP contribution in [0.25, 0.3) is 6.08 Å². The number of hydrogen-bond acceptors (Lipinski definition) is 9. The van der Waals surface area contributed by atoms with Crippen LogP contribution in [0, 0.1) is 3.57 Å². The Morgan fingerprint density at radius 3 is 2.42 bits per heavy atom. The lowest BCUT2D eigenvalue weighted by molar-refractivity contribution is -0.139. The second-order valence-electron chi connectivity index (χ2n) is 9.36. The zero-order valence-electron chi connectivity index (χ0n) is 23.8. The number of benzene rings is 3. The van der Waals surface area contributed by atoms with Gasteiger partial charge in [-0.2, -0.15) is 0 Å². The second-order valence-corrected chi connectivity index (χ2v) is 11.5. The Hall–Kier alpha value is -4.23. The Labute approximate surface area is 264 Å². The summed E-state index contributed by atoms with van der Waals surface area (Å²) >= 11 is 3.29. The minimum Gasteiger partial charge on any atom is -0.497 e. The highest BCUT2D eigenvalue weighted by molar-refractivity contribution is 14.1. The fraction of sp³-hybridized carbons (Fsp3) is 0.188. The van der Waals surface area contributed by atoms with E-state index in [2.05, 4.69) is 27.6 Å². The Kier molecular flexibility index (Phi) is 9.11. The summed E-state index contributed by atoms with van der Waals surface area (Å²) in [5, 5.41) is 0. The van der Waals surface area contributed by atoms with Crippen molar-refractivity contribution in [1.82, 2.24) is 4.57 Å². The van der Waals surface area contributed by atoms with Crippen LogP contribution in [0.3, 0.4) is 0 Å². The van der Waals surface area contributed by atoms with E-state index in [0.717, 1.165) is 3.57 Å². The van der Waals surface area contributed by atoms with Gasteiger partial charge < -0.3 is 18.9 Å². The van der Waals surface area contributed by atoms with E-state index in [4.69, 9.17) is 18.9 Å². The van der Waals surface area contributed by atoms with Crippen molar-refractivity contribution in [2.24, 2.45) is 4.99 Å². The highest BCUT2D eigenvalue weighted by atomic mass is 127. The Balaban J connectivity index is 1.56. The first-order chi connectivity index (χ1) is 20.7. The van der Waals surface area contributed by atoms with Crippen LogP contribution in [0.2, 0.25) is 0 Å². The van der Waals surface area contributed by atoms with E-state index in [1.54, 1.807) is 69.5 Å². The van der Waals surface area contributed by atoms with Crippen molar-refractivity contribution >= 4 is 51.9 Å². The summed E-state index contributed by atoms with van der Waals surface area (Å²) in [6.45, 7) is 3.66. The SMILES string of the molecule is CCOC(=O)C1=C(C)N=c2sc(=Cc3ccc(OC(=O)c4ccccc4I)c(OC)c3)c(=O)n2[C@@H]1c1ccc(OC)cc1. The number of ether oxygens (including phenoxy) is 4. The average Bonchev–Trinajstić information content (AvgIpc) is 3.31. The zero-order valence-corrected chi connectivity index (χ0v) is 26.7. The van der Waals surface area contributed by atoms with Gasteiger partial charge in [0.15, 0.2) is 16.3 Å². The maximum absolute atomic E-state index is 13.9. The molecule has 0 N–H and O–H groups in total. The monoisotopic (exact) mass is 710 g/mol. The van der Waals surface area contributed by atoms with E-state index < -0.39 is 18.0 Å². The summed E-state index contributed by atoms with van der Waals surface area (Å²) in [5.74, 6) is 0.197. The minimum atomic E-state index is -0.736. The molecule has 0 amide bonds. The van der Waals surface area contributed by atoms with Gasteiger partial charge in [0.1, 0.15) is 5.75 Å². The van der Waals surface area contributed by atoms with E-state index in [1.807, 2.05) is 24.3 Å². The third kappa shape index (κ3) is 6.13. The first-order valence-electron chi connectivity index (χ1n) is 13.2. The van der Waals surface area contributed by atoms with Crippen molar-refractivity contribution in [3.8, 4) is 17.2 Å². The minimum absolute atomic E-state index is 0.188. The summed E-state index contributed by atoms with van der Waals surface area (Å²) in [4.78, 5) is 44.8. The molecule has 0 saturated heterocycles. The summed E-state index contributed by atoms with van der Waals surface area (Å²) < 4.78 is 24.5. The van der Waals surface area contributed by atoms with Crippen molar-refractivity contribution in [1.29, 1.82) is 0 Å². The lowest BCUT2D eigenvalue weighted by atomic mass is 9.96. The molecule has 220 valence electrons. The molecular weight excluding hydrogens is 683 g/mol. The molecule has 1 aliphatic rings. The molecule has 3 aromatic carbocycles. The van der Waals surface area contributed by atoms with E-state index in [-0.39, 0.29) is 17.9 Å². The van der Waals surface area contributed by atoms with Crippen molar-refractivity contribution in [3.63, 3.8) is 0 Å². The molecular formula is C32H27IN2O7S. The van der Waals surface area contributed by atoms with E-state index in [1.165, 1.54) is 23.0 Å². The Bertz CT molecular complexity index is 1930. The molecule has 1 aliphatic heterocycles. The quantitative estimate of drug-likeness (QED) is 0.149. The maximum Gasteiger partial charge on any atom is 0.344 e. The van der Waals surface area contributed by atoms with Crippen LogP contribution in [-0.2, 0) is 9.53 Å². The molecule has 0 spiro atoms. The van der Waals surface area contributed by atoms with Crippen LogP contribution in [-0.4, -0.2) is 37.3 Å². The lowest BCUT2D eigenvalue weighted by Crippen LogP contribution is -2.39.